The van der Waals surface area contributed by atoms with E-state index in [9.17, 15) is 14.7 Å². The van der Waals surface area contributed by atoms with Gasteiger partial charge in [-0.25, -0.2) is 0 Å². The molecule has 0 spiro atoms. The van der Waals surface area contributed by atoms with E-state index >= 15 is 0 Å². The van der Waals surface area contributed by atoms with Crippen LogP contribution in [-0.4, -0.2) is 34.2 Å². The lowest BCUT2D eigenvalue weighted by atomic mass is 9.81. The Morgan fingerprint density at radius 3 is 2.00 bits per heavy atom. The number of aliphatic hydroxyl groups is 1. The van der Waals surface area contributed by atoms with Crippen molar-refractivity contribution in [1.82, 2.24) is 5.32 Å². The van der Waals surface area contributed by atoms with Crippen molar-refractivity contribution >= 4 is 11.9 Å². The molecule has 1 amide bonds. The summed E-state index contributed by atoms with van der Waals surface area (Å²) in [7, 11) is 0. The summed E-state index contributed by atoms with van der Waals surface area (Å²) in [6.45, 7) is 3.39. The highest BCUT2D eigenvalue weighted by Gasteiger charge is 2.30. The average Bonchev–Trinajstić information content (AvgIpc) is 2.28. The van der Waals surface area contributed by atoms with Crippen LogP contribution in [0.15, 0.2) is 0 Å². The van der Waals surface area contributed by atoms with Gasteiger partial charge in [0.25, 0.3) is 0 Å². The van der Waals surface area contributed by atoms with Gasteiger partial charge in [-0.3, -0.25) is 9.59 Å². The molecule has 0 bridgehead atoms. The Hall–Kier alpha value is -1.10. The van der Waals surface area contributed by atoms with Crippen molar-refractivity contribution in [2.24, 2.45) is 11.8 Å². The predicted octanol–water partition coefficient (Wildman–Crippen LogP) is 0.763. The summed E-state index contributed by atoms with van der Waals surface area (Å²) in [5.41, 5.74) is 0. The quantitative estimate of drug-likeness (QED) is 0.680. The van der Waals surface area contributed by atoms with Gasteiger partial charge >= 0.3 is 5.97 Å². The second-order valence-corrected chi connectivity index (χ2v) is 4.92. The second kappa shape index (κ2) is 6.00. The van der Waals surface area contributed by atoms with Crippen LogP contribution in [0.3, 0.4) is 0 Å². The fraction of sp³-hybridized carbons (Fsp3) is 0.833. The molecule has 2 atom stereocenters. The molecule has 98 valence electrons. The van der Waals surface area contributed by atoms with Crippen molar-refractivity contribution in [3.63, 3.8) is 0 Å². The molecule has 5 heteroatoms. The number of hydrogen-bond donors (Lipinski definition) is 3. The third-order valence-corrected chi connectivity index (χ3v) is 3.54. The molecule has 1 aliphatic rings. The van der Waals surface area contributed by atoms with Gasteiger partial charge in [0, 0.05) is 5.92 Å². The molecule has 0 radical (unpaired) electrons. The fourth-order valence-electron chi connectivity index (χ4n) is 2.07. The Kier molecular flexibility index (Phi) is 4.93. The minimum Gasteiger partial charge on any atom is -0.481 e. The molecule has 1 saturated carbocycles. The topological polar surface area (TPSA) is 86.6 Å². The van der Waals surface area contributed by atoms with Gasteiger partial charge in [-0.05, 0) is 39.5 Å². The lowest BCUT2D eigenvalue weighted by Gasteiger charge is -2.27. The van der Waals surface area contributed by atoms with Crippen molar-refractivity contribution < 1.29 is 19.8 Å². The SMILES string of the molecule is CC(O)C(C)NC(=O)[C@H]1CC[C@H](C(=O)O)CC1. The van der Waals surface area contributed by atoms with Crippen molar-refractivity contribution in [1.29, 1.82) is 0 Å². The van der Waals surface area contributed by atoms with Gasteiger partial charge in [-0.15, -0.1) is 0 Å². The number of hydrogen-bond acceptors (Lipinski definition) is 3. The van der Waals surface area contributed by atoms with Crippen molar-refractivity contribution in [3.8, 4) is 0 Å². The Morgan fingerprint density at radius 1 is 1.12 bits per heavy atom. The number of carbonyl (C=O) groups is 2. The number of aliphatic hydroxyl groups excluding tert-OH is 1. The molecule has 5 nitrogen and oxygen atoms in total. The summed E-state index contributed by atoms with van der Waals surface area (Å²) < 4.78 is 0. The van der Waals surface area contributed by atoms with Crippen LogP contribution in [0.5, 0.6) is 0 Å². The fourth-order valence-corrected chi connectivity index (χ4v) is 2.07. The first-order valence-corrected chi connectivity index (χ1v) is 6.13. The van der Waals surface area contributed by atoms with Gasteiger partial charge in [-0.2, -0.15) is 0 Å². The maximum absolute atomic E-state index is 11.8. The van der Waals surface area contributed by atoms with E-state index < -0.39 is 12.1 Å². The van der Waals surface area contributed by atoms with Crippen LogP contribution in [-0.2, 0) is 9.59 Å². The van der Waals surface area contributed by atoms with E-state index in [0.29, 0.717) is 25.7 Å². The van der Waals surface area contributed by atoms with Gasteiger partial charge in [-0.1, -0.05) is 0 Å². The van der Waals surface area contributed by atoms with E-state index in [2.05, 4.69) is 5.32 Å². The molecule has 17 heavy (non-hydrogen) atoms. The number of aliphatic carboxylic acids is 1. The Balaban J connectivity index is 2.38. The number of carboxylic acid groups (broad SMARTS) is 1. The highest BCUT2D eigenvalue weighted by molar-refractivity contribution is 5.79. The van der Waals surface area contributed by atoms with Crippen molar-refractivity contribution in [2.75, 3.05) is 0 Å². The normalized spacial score (nSPS) is 28.2. The van der Waals surface area contributed by atoms with Crippen LogP contribution in [0.1, 0.15) is 39.5 Å². The highest BCUT2D eigenvalue weighted by atomic mass is 16.4. The number of rotatable bonds is 4. The Bertz CT molecular complexity index is 282. The number of amides is 1. The van der Waals surface area contributed by atoms with Crippen LogP contribution in [0.2, 0.25) is 0 Å². The molecule has 2 unspecified atom stereocenters. The summed E-state index contributed by atoms with van der Waals surface area (Å²) >= 11 is 0. The average molecular weight is 243 g/mol. The summed E-state index contributed by atoms with van der Waals surface area (Å²) in [4.78, 5) is 22.6. The first-order chi connectivity index (χ1) is 7.91. The Morgan fingerprint density at radius 2 is 1.59 bits per heavy atom. The summed E-state index contributed by atoms with van der Waals surface area (Å²) in [6.07, 6.45) is 1.80. The van der Waals surface area contributed by atoms with E-state index in [1.807, 2.05) is 0 Å². The van der Waals surface area contributed by atoms with E-state index in [1.54, 1.807) is 13.8 Å². The van der Waals surface area contributed by atoms with Gasteiger partial charge in [0.05, 0.1) is 18.1 Å². The minimum atomic E-state index is -0.763. The molecule has 0 aromatic rings. The first kappa shape index (κ1) is 14.0. The molecule has 0 aromatic carbocycles. The molecular weight excluding hydrogens is 222 g/mol. The zero-order chi connectivity index (χ0) is 13.0. The third kappa shape index (κ3) is 4.00. The van der Waals surface area contributed by atoms with Gasteiger partial charge in [0.1, 0.15) is 0 Å². The van der Waals surface area contributed by atoms with Crippen LogP contribution in [0.25, 0.3) is 0 Å². The molecule has 0 aromatic heterocycles. The molecule has 1 fully saturated rings. The van der Waals surface area contributed by atoms with Crippen LogP contribution in [0.4, 0.5) is 0 Å². The van der Waals surface area contributed by atoms with Crippen molar-refractivity contribution in [3.05, 3.63) is 0 Å². The molecule has 0 saturated heterocycles. The van der Waals surface area contributed by atoms with E-state index in [0.717, 1.165) is 0 Å². The molecule has 0 aliphatic heterocycles. The summed E-state index contributed by atoms with van der Waals surface area (Å²) in [5.74, 6) is -1.23. The second-order valence-electron chi connectivity index (χ2n) is 4.92. The first-order valence-electron chi connectivity index (χ1n) is 6.13. The standard InChI is InChI=1S/C12H21NO4/c1-7(8(2)14)13-11(15)9-3-5-10(6-4-9)12(16)17/h7-10,14H,3-6H2,1-2H3,(H,13,15)(H,16,17)/t7?,8?,9-,10-. The lowest BCUT2D eigenvalue weighted by Crippen LogP contribution is -2.43. The van der Waals surface area contributed by atoms with Crippen LogP contribution in [0, 0.1) is 11.8 Å². The van der Waals surface area contributed by atoms with E-state index in [-0.39, 0.29) is 23.8 Å². The number of carbonyl (C=O) groups excluding carboxylic acids is 1. The predicted molar refractivity (Wildman–Crippen MR) is 62.4 cm³/mol. The maximum atomic E-state index is 11.8. The van der Waals surface area contributed by atoms with Crippen LogP contribution < -0.4 is 5.32 Å². The number of carboxylic acids is 1. The molecule has 1 rings (SSSR count). The monoisotopic (exact) mass is 243 g/mol. The van der Waals surface area contributed by atoms with Gasteiger partial charge in [0.15, 0.2) is 0 Å². The van der Waals surface area contributed by atoms with Crippen molar-refractivity contribution in [2.45, 2.75) is 51.7 Å². The summed E-state index contributed by atoms with van der Waals surface area (Å²) in [5, 5.41) is 20.9. The van der Waals surface area contributed by atoms with Gasteiger partial charge in [0.2, 0.25) is 5.91 Å². The van der Waals surface area contributed by atoms with E-state index in [4.69, 9.17) is 5.11 Å². The highest BCUT2D eigenvalue weighted by Crippen LogP contribution is 2.29. The molecule has 0 heterocycles. The molecule has 1 aliphatic carbocycles. The smallest absolute Gasteiger partial charge is 0.306 e. The largest absolute Gasteiger partial charge is 0.481 e. The Labute approximate surface area is 101 Å². The third-order valence-electron chi connectivity index (χ3n) is 3.54. The maximum Gasteiger partial charge on any atom is 0.306 e. The van der Waals surface area contributed by atoms with E-state index in [1.165, 1.54) is 0 Å². The number of nitrogens with one attached hydrogen (secondary N) is 1. The van der Waals surface area contributed by atoms with Gasteiger partial charge < -0.3 is 15.5 Å². The van der Waals surface area contributed by atoms with Crippen LogP contribution >= 0.6 is 0 Å². The summed E-state index contributed by atoms with van der Waals surface area (Å²) in [6, 6.07) is -0.264. The zero-order valence-corrected chi connectivity index (χ0v) is 10.3. The molecular formula is C12H21NO4. The lowest BCUT2D eigenvalue weighted by molar-refractivity contribution is -0.144. The zero-order valence-electron chi connectivity index (χ0n) is 10.3. The minimum absolute atomic E-state index is 0.0674. The molecule has 3 N–H and O–H groups in total.